The highest BCUT2D eigenvalue weighted by Gasteiger charge is 2.16. The van der Waals surface area contributed by atoms with E-state index in [1.807, 2.05) is 6.07 Å². The summed E-state index contributed by atoms with van der Waals surface area (Å²) in [7, 11) is 4.65. The third-order valence-electron chi connectivity index (χ3n) is 3.61. The highest BCUT2D eigenvalue weighted by atomic mass is 35.5. The van der Waals surface area contributed by atoms with Gasteiger partial charge in [-0.05, 0) is 36.2 Å². The molecule has 0 bridgehead atoms. The lowest BCUT2D eigenvalue weighted by atomic mass is 10.1. The molecule has 0 heterocycles. The highest BCUT2D eigenvalue weighted by Crippen LogP contribution is 2.40. The van der Waals surface area contributed by atoms with E-state index in [9.17, 15) is 4.79 Å². The molecule has 2 rings (SSSR count). The van der Waals surface area contributed by atoms with Gasteiger partial charge < -0.3 is 19.5 Å². The van der Waals surface area contributed by atoms with E-state index in [0.717, 1.165) is 5.56 Å². The van der Waals surface area contributed by atoms with Gasteiger partial charge in [0.15, 0.2) is 11.5 Å². The van der Waals surface area contributed by atoms with Crippen molar-refractivity contribution in [2.75, 3.05) is 26.6 Å². The van der Waals surface area contributed by atoms with Crippen LogP contribution in [0.15, 0.2) is 30.3 Å². The summed E-state index contributed by atoms with van der Waals surface area (Å²) in [6, 6.07) is 8.55. The Morgan fingerprint density at radius 1 is 1.00 bits per heavy atom. The monoisotopic (exact) mass is 383 g/mol. The SMILES string of the molecule is COc1ccc(CCC(=O)Nc2ccc(Cl)cc2Cl)c(OC)c1OC. The lowest BCUT2D eigenvalue weighted by molar-refractivity contribution is -0.116. The minimum Gasteiger partial charge on any atom is -0.493 e. The molecule has 2 aromatic rings. The van der Waals surface area contributed by atoms with Gasteiger partial charge in [0.2, 0.25) is 11.7 Å². The van der Waals surface area contributed by atoms with Crippen LogP contribution in [-0.4, -0.2) is 27.2 Å². The minimum atomic E-state index is -0.166. The van der Waals surface area contributed by atoms with Crippen molar-refractivity contribution >= 4 is 34.8 Å². The Bertz CT molecular complexity index is 765. The van der Waals surface area contributed by atoms with E-state index in [-0.39, 0.29) is 12.3 Å². The van der Waals surface area contributed by atoms with Gasteiger partial charge >= 0.3 is 0 Å². The summed E-state index contributed by atoms with van der Waals surface area (Å²) in [6.07, 6.45) is 0.728. The fourth-order valence-corrected chi connectivity index (χ4v) is 2.87. The van der Waals surface area contributed by atoms with Crippen LogP contribution in [0.4, 0.5) is 5.69 Å². The van der Waals surface area contributed by atoms with Crippen LogP contribution in [0.1, 0.15) is 12.0 Å². The van der Waals surface area contributed by atoms with Crippen LogP contribution in [0.3, 0.4) is 0 Å². The summed E-state index contributed by atoms with van der Waals surface area (Å²) in [4.78, 5) is 12.2. The first-order valence-electron chi connectivity index (χ1n) is 7.53. The van der Waals surface area contributed by atoms with E-state index >= 15 is 0 Å². The molecule has 0 aliphatic carbocycles. The molecular weight excluding hydrogens is 365 g/mol. The van der Waals surface area contributed by atoms with E-state index in [1.165, 1.54) is 0 Å². The molecule has 2 aromatic carbocycles. The smallest absolute Gasteiger partial charge is 0.224 e. The van der Waals surface area contributed by atoms with Crippen molar-refractivity contribution in [2.24, 2.45) is 0 Å². The molecule has 134 valence electrons. The van der Waals surface area contributed by atoms with Crippen molar-refractivity contribution in [3.05, 3.63) is 45.9 Å². The number of anilines is 1. The number of methoxy groups -OCH3 is 3. The van der Waals surface area contributed by atoms with E-state index in [1.54, 1.807) is 45.6 Å². The first-order chi connectivity index (χ1) is 12.0. The molecule has 0 radical (unpaired) electrons. The third-order valence-corrected chi connectivity index (χ3v) is 4.16. The number of benzene rings is 2. The average molecular weight is 384 g/mol. The van der Waals surface area contributed by atoms with Gasteiger partial charge in [-0.15, -0.1) is 0 Å². The Kier molecular flexibility index (Phi) is 6.79. The fraction of sp³-hybridized carbons (Fsp3) is 0.278. The lowest BCUT2D eigenvalue weighted by Gasteiger charge is -2.15. The van der Waals surface area contributed by atoms with Crippen LogP contribution in [0, 0.1) is 0 Å². The van der Waals surface area contributed by atoms with Crippen molar-refractivity contribution in [2.45, 2.75) is 12.8 Å². The standard InChI is InChI=1S/C18H19Cl2NO4/c1-23-15-8-4-11(17(24-2)18(15)25-3)5-9-16(22)21-14-7-6-12(19)10-13(14)20/h4,6-8,10H,5,9H2,1-3H3,(H,21,22). The maximum atomic E-state index is 12.2. The molecule has 7 heteroatoms. The molecule has 0 aliphatic rings. The molecule has 0 saturated heterocycles. The first kappa shape index (κ1) is 19.2. The van der Waals surface area contributed by atoms with Crippen LogP contribution in [0.25, 0.3) is 0 Å². The van der Waals surface area contributed by atoms with Crippen molar-refractivity contribution in [1.29, 1.82) is 0 Å². The van der Waals surface area contributed by atoms with Crippen LogP contribution in [0.2, 0.25) is 10.0 Å². The molecule has 0 fully saturated rings. The van der Waals surface area contributed by atoms with E-state index in [2.05, 4.69) is 5.32 Å². The van der Waals surface area contributed by atoms with Gasteiger partial charge in [0, 0.05) is 11.4 Å². The van der Waals surface area contributed by atoms with Crippen molar-refractivity contribution in [3.63, 3.8) is 0 Å². The number of hydrogen-bond acceptors (Lipinski definition) is 4. The summed E-state index contributed by atoms with van der Waals surface area (Å²) in [5.74, 6) is 1.46. The molecule has 5 nitrogen and oxygen atoms in total. The van der Waals surface area contributed by atoms with Gasteiger partial charge in [-0.3, -0.25) is 4.79 Å². The van der Waals surface area contributed by atoms with E-state index in [4.69, 9.17) is 37.4 Å². The Balaban J connectivity index is 2.09. The number of halogens is 2. The van der Waals surface area contributed by atoms with Crippen molar-refractivity contribution < 1.29 is 19.0 Å². The second-order valence-electron chi connectivity index (χ2n) is 5.17. The normalized spacial score (nSPS) is 10.3. The maximum absolute atomic E-state index is 12.2. The summed E-state index contributed by atoms with van der Waals surface area (Å²) < 4.78 is 16.0. The Hall–Kier alpha value is -2.11. The van der Waals surface area contributed by atoms with Gasteiger partial charge in [0.1, 0.15) is 0 Å². The second kappa shape index (κ2) is 8.83. The molecule has 0 saturated carbocycles. The number of aryl methyl sites for hydroxylation is 1. The Labute approximate surface area is 156 Å². The lowest BCUT2D eigenvalue weighted by Crippen LogP contribution is -2.13. The van der Waals surface area contributed by atoms with E-state index in [0.29, 0.717) is 39.4 Å². The van der Waals surface area contributed by atoms with Gasteiger partial charge in [0.25, 0.3) is 0 Å². The topological polar surface area (TPSA) is 56.8 Å². The number of ether oxygens (including phenoxy) is 3. The predicted molar refractivity (Wildman–Crippen MR) is 99.5 cm³/mol. The Morgan fingerprint density at radius 2 is 1.72 bits per heavy atom. The average Bonchev–Trinajstić information content (AvgIpc) is 2.61. The van der Waals surface area contributed by atoms with Gasteiger partial charge in [-0.25, -0.2) is 0 Å². The van der Waals surface area contributed by atoms with Gasteiger partial charge in [-0.2, -0.15) is 0 Å². The zero-order chi connectivity index (χ0) is 18.4. The molecule has 0 aliphatic heterocycles. The molecule has 0 spiro atoms. The van der Waals surface area contributed by atoms with Gasteiger partial charge in [-0.1, -0.05) is 29.3 Å². The molecule has 0 aromatic heterocycles. The number of nitrogens with one attached hydrogen (secondary N) is 1. The van der Waals surface area contributed by atoms with Crippen LogP contribution >= 0.6 is 23.2 Å². The maximum Gasteiger partial charge on any atom is 0.224 e. The highest BCUT2D eigenvalue weighted by molar-refractivity contribution is 6.36. The van der Waals surface area contributed by atoms with Crippen LogP contribution < -0.4 is 19.5 Å². The zero-order valence-electron chi connectivity index (χ0n) is 14.2. The molecule has 1 amide bonds. The molecule has 0 unspecified atom stereocenters. The molecule has 0 atom stereocenters. The summed E-state index contributed by atoms with van der Waals surface area (Å²) in [6.45, 7) is 0. The van der Waals surface area contributed by atoms with Crippen LogP contribution in [0.5, 0.6) is 17.2 Å². The third kappa shape index (κ3) is 4.71. The molecule has 1 N–H and O–H groups in total. The summed E-state index contributed by atoms with van der Waals surface area (Å²) >= 11 is 11.9. The first-order valence-corrected chi connectivity index (χ1v) is 8.28. The zero-order valence-corrected chi connectivity index (χ0v) is 15.7. The number of carbonyl (C=O) groups excluding carboxylic acids is 1. The Morgan fingerprint density at radius 3 is 2.32 bits per heavy atom. The second-order valence-corrected chi connectivity index (χ2v) is 6.01. The number of hydrogen-bond donors (Lipinski definition) is 1. The largest absolute Gasteiger partial charge is 0.493 e. The molecule has 25 heavy (non-hydrogen) atoms. The number of rotatable bonds is 7. The van der Waals surface area contributed by atoms with Crippen molar-refractivity contribution in [1.82, 2.24) is 0 Å². The van der Waals surface area contributed by atoms with Gasteiger partial charge in [0.05, 0.1) is 32.0 Å². The molecular formula is C18H19Cl2NO4. The van der Waals surface area contributed by atoms with Crippen molar-refractivity contribution in [3.8, 4) is 17.2 Å². The minimum absolute atomic E-state index is 0.166. The number of carbonyl (C=O) groups is 1. The summed E-state index contributed by atoms with van der Waals surface area (Å²) in [5.41, 5.74) is 1.37. The number of amides is 1. The quantitative estimate of drug-likeness (QED) is 0.759. The predicted octanol–water partition coefficient (Wildman–Crippen LogP) is 4.59. The fourth-order valence-electron chi connectivity index (χ4n) is 2.41. The summed E-state index contributed by atoms with van der Waals surface area (Å²) in [5, 5.41) is 3.68. The van der Waals surface area contributed by atoms with Crippen LogP contribution in [-0.2, 0) is 11.2 Å². The van der Waals surface area contributed by atoms with E-state index < -0.39 is 0 Å².